The van der Waals surface area contributed by atoms with Gasteiger partial charge >= 0.3 is 0 Å². The summed E-state index contributed by atoms with van der Waals surface area (Å²) in [6.45, 7) is 0. The summed E-state index contributed by atoms with van der Waals surface area (Å²) in [5.74, 6) is 1.71. The minimum atomic E-state index is 0.265. The van der Waals surface area contributed by atoms with Gasteiger partial charge in [-0.25, -0.2) is 0 Å². The third kappa shape index (κ3) is 3.85. The highest BCUT2D eigenvalue weighted by atomic mass is 32.2. The summed E-state index contributed by atoms with van der Waals surface area (Å²) in [6.07, 6.45) is 0. The zero-order valence-electron chi connectivity index (χ0n) is 7.18. The molecule has 0 unspecified atom stereocenters. The number of thioether (sulfide) groups is 1. The van der Waals surface area contributed by atoms with Gasteiger partial charge in [0.1, 0.15) is 5.84 Å². The van der Waals surface area contributed by atoms with Gasteiger partial charge in [-0.15, -0.1) is 11.8 Å². The van der Waals surface area contributed by atoms with E-state index in [9.17, 15) is 0 Å². The summed E-state index contributed by atoms with van der Waals surface area (Å²) in [5, 5.41) is 11.2. The van der Waals surface area contributed by atoms with Gasteiger partial charge in [0.15, 0.2) is 0 Å². The Hall–Kier alpha value is -1.16. The second-order valence-corrected chi connectivity index (χ2v) is 3.56. The molecule has 0 spiro atoms. The van der Waals surface area contributed by atoms with Crippen molar-refractivity contribution in [3.05, 3.63) is 35.9 Å². The van der Waals surface area contributed by atoms with Gasteiger partial charge in [-0.05, 0) is 5.56 Å². The number of nitrogens with zero attached hydrogens (tertiary/aromatic N) is 1. The Morgan fingerprint density at radius 2 is 2.08 bits per heavy atom. The SMILES string of the molecule is N/C(CSCc1ccccc1)=N\O. The van der Waals surface area contributed by atoms with E-state index in [4.69, 9.17) is 10.9 Å². The standard InChI is InChI=1S/C9H12N2OS/c10-9(11-12)7-13-6-8-4-2-1-3-5-8/h1-5,12H,6-7H2,(H2,10,11). The van der Waals surface area contributed by atoms with E-state index in [-0.39, 0.29) is 5.84 Å². The Morgan fingerprint density at radius 3 is 2.69 bits per heavy atom. The summed E-state index contributed by atoms with van der Waals surface area (Å²) in [4.78, 5) is 0. The molecule has 0 aromatic heterocycles. The van der Waals surface area contributed by atoms with Gasteiger partial charge in [-0.1, -0.05) is 35.5 Å². The Labute approximate surface area is 81.6 Å². The molecule has 0 bridgehead atoms. The minimum absolute atomic E-state index is 0.265. The van der Waals surface area contributed by atoms with Crippen molar-refractivity contribution < 1.29 is 5.21 Å². The molecule has 4 heteroatoms. The summed E-state index contributed by atoms with van der Waals surface area (Å²) >= 11 is 1.62. The van der Waals surface area contributed by atoms with Crippen molar-refractivity contribution in [1.82, 2.24) is 0 Å². The molecule has 0 fully saturated rings. The van der Waals surface area contributed by atoms with Crippen molar-refractivity contribution in [2.45, 2.75) is 5.75 Å². The van der Waals surface area contributed by atoms with Crippen LogP contribution < -0.4 is 5.73 Å². The zero-order valence-corrected chi connectivity index (χ0v) is 8.00. The maximum atomic E-state index is 8.28. The average Bonchev–Trinajstić information content (AvgIpc) is 2.19. The molecular formula is C9H12N2OS. The highest BCUT2D eigenvalue weighted by molar-refractivity contribution is 7.99. The van der Waals surface area contributed by atoms with Crippen LogP contribution in [0.3, 0.4) is 0 Å². The molecule has 0 aliphatic carbocycles. The first-order valence-electron chi connectivity index (χ1n) is 3.91. The van der Waals surface area contributed by atoms with Crippen molar-refractivity contribution in [2.75, 3.05) is 5.75 Å². The van der Waals surface area contributed by atoms with Crippen molar-refractivity contribution in [1.29, 1.82) is 0 Å². The lowest BCUT2D eigenvalue weighted by atomic mass is 10.2. The minimum Gasteiger partial charge on any atom is -0.409 e. The highest BCUT2D eigenvalue weighted by Crippen LogP contribution is 2.10. The van der Waals surface area contributed by atoms with E-state index in [2.05, 4.69) is 17.3 Å². The van der Waals surface area contributed by atoms with Gasteiger partial charge < -0.3 is 10.9 Å². The Kier molecular flexibility index (Phi) is 4.18. The summed E-state index contributed by atoms with van der Waals surface area (Å²) in [6, 6.07) is 10.1. The second kappa shape index (κ2) is 5.48. The number of oxime groups is 1. The number of nitrogens with two attached hydrogens (primary N) is 1. The molecule has 0 aliphatic heterocycles. The van der Waals surface area contributed by atoms with Crippen molar-refractivity contribution in [3.63, 3.8) is 0 Å². The number of benzene rings is 1. The maximum absolute atomic E-state index is 8.28. The first-order valence-corrected chi connectivity index (χ1v) is 5.06. The second-order valence-electron chi connectivity index (χ2n) is 2.57. The largest absolute Gasteiger partial charge is 0.409 e. The van der Waals surface area contributed by atoms with Crippen molar-refractivity contribution in [2.24, 2.45) is 10.9 Å². The van der Waals surface area contributed by atoms with Crippen LogP contribution in [0.2, 0.25) is 0 Å². The van der Waals surface area contributed by atoms with Crippen LogP contribution in [-0.2, 0) is 5.75 Å². The van der Waals surface area contributed by atoms with Crippen LogP contribution in [0.25, 0.3) is 0 Å². The maximum Gasteiger partial charge on any atom is 0.149 e. The Balaban J connectivity index is 2.28. The topological polar surface area (TPSA) is 58.6 Å². The smallest absolute Gasteiger partial charge is 0.149 e. The molecular weight excluding hydrogens is 184 g/mol. The fourth-order valence-corrected chi connectivity index (χ4v) is 1.67. The highest BCUT2D eigenvalue weighted by Gasteiger charge is 1.94. The Morgan fingerprint density at radius 1 is 1.38 bits per heavy atom. The molecule has 0 amide bonds. The van der Waals surface area contributed by atoms with Crippen LogP contribution in [0.5, 0.6) is 0 Å². The van der Waals surface area contributed by atoms with Crippen LogP contribution in [-0.4, -0.2) is 16.8 Å². The molecule has 0 radical (unpaired) electrons. The molecule has 0 heterocycles. The van der Waals surface area contributed by atoms with Crippen molar-refractivity contribution >= 4 is 17.6 Å². The number of hydrogen-bond acceptors (Lipinski definition) is 3. The zero-order chi connectivity index (χ0) is 9.52. The molecule has 1 rings (SSSR count). The quantitative estimate of drug-likeness (QED) is 0.333. The lowest BCUT2D eigenvalue weighted by Crippen LogP contribution is -2.14. The predicted molar refractivity (Wildman–Crippen MR) is 56.0 cm³/mol. The van der Waals surface area contributed by atoms with Gasteiger partial charge in [-0.3, -0.25) is 0 Å². The van der Waals surface area contributed by atoms with Crippen LogP contribution in [0.15, 0.2) is 35.5 Å². The van der Waals surface area contributed by atoms with Crippen LogP contribution >= 0.6 is 11.8 Å². The van der Waals surface area contributed by atoms with Gasteiger partial charge in [0, 0.05) is 5.75 Å². The van der Waals surface area contributed by atoms with Crippen LogP contribution in [0.1, 0.15) is 5.56 Å². The third-order valence-corrected chi connectivity index (χ3v) is 2.53. The molecule has 3 nitrogen and oxygen atoms in total. The van der Waals surface area contributed by atoms with Gasteiger partial charge in [0.2, 0.25) is 0 Å². The molecule has 1 aromatic rings. The van der Waals surface area contributed by atoms with Crippen LogP contribution in [0, 0.1) is 0 Å². The molecule has 13 heavy (non-hydrogen) atoms. The van der Waals surface area contributed by atoms with E-state index in [1.807, 2.05) is 18.2 Å². The predicted octanol–water partition coefficient (Wildman–Crippen LogP) is 1.67. The lowest BCUT2D eigenvalue weighted by molar-refractivity contribution is 0.318. The van der Waals surface area contributed by atoms with Gasteiger partial charge in [-0.2, -0.15) is 0 Å². The van der Waals surface area contributed by atoms with E-state index < -0.39 is 0 Å². The van der Waals surface area contributed by atoms with E-state index >= 15 is 0 Å². The molecule has 3 N–H and O–H groups in total. The molecule has 0 atom stereocenters. The third-order valence-electron chi connectivity index (χ3n) is 1.49. The first-order chi connectivity index (χ1) is 6.33. The monoisotopic (exact) mass is 196 g/mol. The first kappa shape index (κ1) is 9.92. The number of rotatable bonds is 4. The lowest BCUT2D eigenvalue weighted by Gasteiger charge is -1.99. The van der Waals surface area contributed by atoms with E-state index in [0.29, 0.717) is 5.75 Å². The Bertz CT molecular complexity index is 274. The molecule has 0 saturated carbocycles. The summed E-state index contributed by atoms with van der Waals surface area (Å²) < 4.78 is 0. The fraction of sp³-hybridized carbons (Fsp3) is 0.222. The van der Waals surface area contributed by atoms with Gasteiger partial charge in [0.05, 0.1) is 5.75 Å². The average molecular weight is 196 g/mol. The fourth-order valence-electron chi connectivity index (χ4n) is 0.877. The molecule has 0 aliphatic rings. The molecule has 1 aromatic carbocycles. The molecule has 70 valence electrons. The summed E-state index contributed by atoms with van der Waals surface area (Å²) in [5.41, 5.74) is 6.56. The number of hydrogen-bond donors (Lipinski definition) is 2. The summed E-state index contributed by atoms with van der Waals surface area (Å²) in [7, 11) is 0. The van der Waals surface area contributed by atoms with E-state index in [0.717, 1.165) is 5.75 Å². The normalized spacial score (nSPS) is 11.5. The van der Waals surface area contributed by atoms with Gasteiger partial charge in [0.25, 0.3) is 0 Å². The van der Waals surface area contributed by atoms with E-state index in [1.54, 1.807) is 11.8 Å². The van der Waals surface area contributed by atoms with Crippen LogP contribution in [0.4, 0.5) is 0 Å². The molecule has 0 saturated heterocycles. The number of amidine groups is 1. The van der Waals surface area contributed by atoms with Crippen molar-refractivity contribution in [3.8, 4) is 0 Å². The van der Waals surface area contributed by atoms with E-state index in [1.165, 1.54) is 5.56 Å².